The minimum absolute atomic E-state index is 0.0198. The fourth-order valence-corrected chi connectivity index (χ4v) is 3.78. The van der Waals surface area contributed by atoms with Crippen molar-refractivity contribution in [2.24, 2.45) is 7.05 Å². The first-order valence-electron chi connectivity index (χ1n) is 9.20. The normalized spacial score (nSPS) is 17.1. The number of methoxy groups -OCH3 is 2. The van der Waals surface area contributed by atoms with Crippen LogP contribution < -0.4 is 14.8 Å². The molecule has 1 fully saturated rings. The van der Waals surface area contributed by atoms with E-state index < -0.39 is 0 Å². The molecule has 3 rings (SSSR count). The van der Waals surface area contributed by atoms with Crippen LogP contribution in [0, 0.1) is 13.8 Å². The third-order valence-electron chi connectivity index (χ3n) is 5.28. The van der Waals surface area contributed by atoms with Gasteiger partial charge in [0, 0.05) is 24.7 Å². The number of anilines is 1. The van der Waals surface area contributed by atoms with Gasteiger partial charge in [0.25, 0.3) is 0 Å². The molecule has 1 atom stereocenters. The Hall–Kier alpha value is -2.54. The van der Waals surface area contributed by atoms with Crippen LogP contribution in [0.3, 0.4) is 0 Å². The second-order valence-electron chi connectivity index (χ2n) is 6.95. The summed E-state index contributed by atoms with van der Waals surface area (Å²) < 4.78 is 12.6. The third-order valence-corrected chi connectivity index (χ3v) is 5.28. The Labute approximate surface area is 160 Å². The van der Waals surface area contributed by atoms with Crippen molar-refractivity contribution in [3.63, 3.8) is 0 Å². The Kier molecular flexibility index (Phi) is 5.70. The molecule has 0 unspecified atom stereocenters. The van der Waals surface area contributed by atoms with Gasteiger partial charge in [-0.05, 0) is 39.3 Å². The van der Waals surface area contributed by atoms with Gasteiger partial charge in [-0.25, -0.2) is 0 Å². The Morgan fingerprint density at radius 3 is 2.70 bits per heavy atom. The highest BCUT2D eigenvalue weighted by Gasteiger charge is 2.30. The summed E-state index contributed by atoms with van der Waals surface area (Å²) in [5.74, 6) is 1.54. The fourth-order valence-electron chi connectivity index (χ4n) is 3.78. The molecule has 27 heavy (non-hydrogen) atoms. The lowest BCUT2D eigenvalue weighted by Crippen LogP contribution is -2.33. The summed E-state index contributed by atoms with van der Waals surface area (Å²) in [6, 6.07) is 6.03. The third kappa shape index (κ3) is 3.93. The molecule has 1 saturated heterocycles. The van der Waals surface area contributed by atoms with Gasteiger partial charge in [0.1, 0.15) is 11.5 Å². The zero-order chi connectivity index (χ0) is 19.6. The second kappa shape index (κ2) is 8.00. The number of hydrogen-bond donors (Lipinski definition) is 1. The van der Waals surface area contributed by atoms with Gasteiger partial charge in [-0.1, -0.05) is 6.07 Å². The first-order chi connectivity index (χ1) is 12.9. The maximum Gasteiger partial charge on any atom is 0.238 e. The molecule has 1 N–H and O–H groups in total. The first kappa shape index (κ1) is 19.2. The van der Waals surface area contributed by atoms with Crippen LogP contribution in [0.1, 0.15) is 35.8 Å². The molecule has 146 valence electrons. The molecule has 1 amide bonds. The largest absolute Gasteiger partial charge is 0.497 e. The molecule has 1 aliphatic rings. The highest BCUT2D eigenvalue weighted by Crippen LogP contribution is 2.38. The molecular formula is C20H28N4O3. The number of amides is 1. The van der Waals surface area contributed by atoms with Crippen molar-refractivity contribution in [3.05, 3.63) is 35.2 Å². The summed E-state index contributed by atoms with van der Waals surface area (Å²) in [5, 5.41) is 7.39. The summed E-state index contributed by atoms with van der Waals surface area (Å²) in [5.41, 5.74) is 3.69. The fraction of sp³-hybridized carbons (Fsp3) is 0.500. The molecule has 0 spiro atoms. The number of nitrogens with one attached hydrogen (secondary N) is 1. The van der Waals surface area contributed by atoms with Crippen LogP contribution in [0.4, 0.5) is 5.69 Å². The molecular weight excluding hydrogens is 344 g/mol. The Balaban J connectivity index is 1.74. The predicted molar refractivity (Wildman–Crippen MR) is 104 cm³/mol. The summed E-state index contributed by atoms with van der Waals surface area (Å²) in [4.78, 5) is 14.9. The van der Waals surface area contributed by atoms with E-state index in [-0.39, 0.29) is 11.9 Å². The number of aryl methyl sites for hydroxylation is 2. The topological polar surface area (TPSA) is 68.6 Å². The van der Waals surface area contributed by atoms with Crippen LogP contribution in [0.2, 0.25) is 0 Å². The summed E-state index contributed by atoms with van der Waals surface area (Å²) in [6.07, 6.45) is 2.05. The molecule has 2 heterocycles. The smallest absolute Gasteiger partial charge is 0.238 e. The summed E-state index contributed by atoms with van der Waals surface area (Å²) in [7, 11) is 5.19. The van der Waals surface area contributed by atoms with Gasteiger partial charge < -0.3 is 14.8 Å². The van der Waals surface area contributed by atoms with Crippen LogP contribution in [0.5, 0.6) is 11.5 Å². The number of ether oxygens (including phenoxy) is 2. The van der Waals surface area contributed by atoms with Gasteiger partial charge in [0.15, 0.2) is 0 Å². The summed E-state index contributed by atoms with van der Waals surface area (Å²) in [6.45, 7) is 5.09. The molecule has 2 aromatic rings. The molecule has 0 bridgehead atoms. The van der Waals surface area contributed by atoms with E-state index >= 15 is 0 Å². The van der Waals surface area contributed by atoms with Crippen LogP contribution in [0.15, 0.2) is 18.2 Å². The lowest BCUT2D eigenvalue weighted by atomic mass is 10.0. The highest BCUT2D eigenvalue weighted by molar-refractivity contribution is 5.93. The molecule has 0 saturated carbocycles. The summed E-state index contributed by atoms with van der Waals surface area (Å²) >= 11 is 0. The first-order valence-corrected chi connectivity index (χ1v) is 9.20. The van der Waals surface area contributed by atoms with Gasteiger partial charge in [-0.2, -0.15) is 5.10 Å². The van der Waals surface area contributed by atoms with Gasteiger partial charge in [0.05, 0.1) is 37.8 Å². The van der Waals surface area contributed by atoms with Crippen molar-refractivity contribution < 1.29 is 14.3 Å². The van der Waals surface area contributed by atoms with E-state index in [1.54, 1.807) is 18.9 Å². The van der Waals surface area contributed by atoms with Crippen molar-refractivity contribution in [1.29, 1.82) is 0 Å². The molecule has 0 aliphatic carbocycles. The predicted octanol–water partition coefficient (Wildman–Crippen LogP) is 2.83. The van der Waals surface area contributed by atoms with Gasteiger partial charge in [-0.3, -0.25) is 14.4 Å². The van der Waals surface area contributed by atoms with Crippen molar-refractivity contribution in [2.45, 2.75) is 32.7 Å². The molecule has 7 heteroatoms. The molecule has 1 aliphatic heterocycles. The van der Waals surface area contributed by atoms with Crippen LogP contribution >= 0.6 is 0 Å². The zero-order valence-electron chi connectivity index (χ0n) is 16.7. The lowest BCUT2D eigenvalue weighted by molar-refractivity contribution is -0.117. The zero-order valence-corrected chi connectivity index (χ0v) is 16.7. The maximum absolute atomic E-state index is 12.7. The quantitative estimate of drug-likeness (QED) is 0.844. The van der Waals surface area contributed by atoms with E-state index in [0.29, 0.717) is 6.54 Å². The Morgan fingerprint density at radius 2 is 2.07 bits per heavy atom. The molecule has 7 nitrogen and oxygen atoms in total. The lowest BCUT2D eigenvalue weighted by Gasteiger charge is -2.26. The van der Waals surface area contributed by atoms with E-state index in [9.17, 15) is 4.79 Å². The number of hydrogen-bond acceptors (Lipinski definition) is 5. The Bertz CT molecular complexity index is 831. The van der Waals surface area contributed by atoms with E-state index in [1.165, 1.54) is 0 Å². The number of carbonyl (C=O) groups is 1. The minimum Gasteiger partial charge on any atom is -0.497 e. The van der Waals surface area contributed by atoms with Crippen molar-refractivity contribution in [1.82, 2.24) is 14.7 Å². The maximum atomic E-state index is 12.7. The number of benzene rings is 1. The van der Waals surface area contributed by atoms with E-state index in [1.807, 2.05) is 39.1 Å². The average molecular weight is 372 g/mol. The van der Waals surface area contributed by atoms with Crippen molar-refractivity contribution in [3.8, 4) is 11.5 Å². The highest BCUT2D eigenvalue weighted by atomic mass is 16.5. The molecule has 1 aromatic heterocycles. The number of likely N-dealkylation sites (tertiary alicyclic amines) is 1. The number of rotatable bonds is 6. The monoisotopic (exact) mass is 372 g/mol. The van der Waals surface area contributed by atoms with Crippen LogP contribution in [-0.4, -0.2) is 47.9 Å². The van der Waals surface area contributed by atoms with Gasteiger partial charge in [0.2, 0.25) is 5.91 Å². The van der Waals surface area contributed by atoms with Gasteiger partial charge >= 0.3 is 0 Å². The SMILES string of the molecule is COc1ccc([C@H]2CCCN2CC(=O)Nc2c(C)nn(C)c2C)c(OC)c1. The number of aromatic nitrogens is 2. The second-order valence-corrected chi connectivity index (χ2v) is 6.95. The molecule has 1 aromatic carbocycles. The Morgan fingerprint density at radius 1 is 1.30 bits per heavy atom. The standard InChI is InChI=1S/C20H28N4O3/c1-13-20(14(2)23(3)22-13)21-19(25)12-24-10-6-7-17(24)16-9-8-15(26-4)11-18(16)27-5/h8-9,11,17H,6-7,10,12H2,1-5H3,(H,21,25)/t17-/m1/s1. The van der Waals surface area contributed by atoms with Crippen molar-refractivity contribution in [2.75, 3.05) is 32.6 Å². The number of nitrogens with zero attached hydrogens (tertiary/aromatic N) is 3. The van der Waals surface area contributed by atoms with Gasteiger partial charge in [-0.15, -0.1) is 0 Å². The average Bonchev–Trinajstić information content (AvgIpc) is 3.20. The number of carbonyl (C=O) groups excluding carboxylic acids is 1. The van der Waals surface area contributed by atoms with Crippen LogP contribution in [-0.2, 0) is 11.8 Å². The van der Waals surface area contributed by atoms with Crippen molar-refractivity contribution >= 4 is 11.6 Å². The van der Waals surface area contributed by atoms with E-state index in [4.69, 9.17) is 9.47 Å². The molecule has 0 radical (unpaired) electrons. The minimum atomic E-state index is -0.0198. The van der Waals surface area contributed by atoms with E-state index in [2.05, 4.69) is 15.3 Å². The van der Waals surface area contributed by atoms with E-state index in [0.717, 1.165) is 53.5 Å². The van der Waals surface area contributed by atoms with Crippen LogP contribution in [0.25, 0.3) is 0 Å².